The summed E-state index contributed by atoms with van der Waals surface area (Å²) >= 11 is 6.12. The van der Waals surface area contributed by atoms with E-state index in [0.717, 1.165) is 17.7 Å². The van der Waals surface area contributed by atoms with Crippen LogP contribution in [0.15, 0.2) is 49.1 Å². The van der Waals surface area contributed by atoms with Crippen LogP contribution in [0.2, 0.25) is 5.28 Å². The third kappa shape index (κ3) is 5.23. The van der Waals surface area contributed by atoms with Crippen molar-refractivity contribution in [1.82, 2.24) is 29.5 Å². The van der Waals surface area contributed by atoms with Crippen LogP contribution in [-0.2, 0) is 0 Å². The second-order valence-electron chi connectivity index (χ2n) is 8.32. The maximum atomic E-state index is 13.2. The van der Waals surface area contributed by atoms with Crippen LogP contribution in [0.5, 0.6) is 5.75 Å². The zero-order valence-corrected chi connectivity index (χ0v) is 19.5. The lowest BCUT2D eigenvalue weighted by Gasteiger charge is -2.30. The number of rotatable bonds is 6. The van der Waals surface area contributed by atoms with E-state index in [0.29, 0.717) is 11.4 Å². The van der Waals surface area contributed by atoms with Gasteiger partial charge in [-0.25, -0.2) is 14.5 Å². The van der Waals surface area contributed by atoms with Crippen LogP contribution in [0.1, 0.15) is 41.4 Å². The van der Waals surface area contributed by atoms with Crippen LogP contribution in [0.4, 0.5) is 13.2 Å². The summed E-state index contributed by atoms with van der Waals surface area (Å²) < 4.78 is 44.3. The molecule has 184 valence electrons. The fourth-order valence-corrected chi connectivity index (χ4v) is 3.77. The minimum absolute atomic E-state index is 0.119. The number of aliphatic hydroxyl groups is 1. The molecule has 1 atom stereocenters. The highest BCUT2D eigenvalue weighted by atomic mass is 35.5. The van der Waals surface area contributed by atoms with Gasteiger partial charge in [0.2, 0.25) is 5.28 Å². The smallest absolute Gasteiger partial charge is 0.406 e. The molecule has 0 unspecified atom stereocenters. The summed E-state index contributed by atoms with van der Waals surface area (Å²) in [5.74, 6) is -0.564. The number of imidazole rings is 1. The minimum atomic E-state index is -4.83. The van der Waals surface area contributed by atoms with Gasteiger partial charge in [-0.3, -0.25) is 9.36 Å². The lowest BCUT2D eigenvalue weighted by atomic mass is 9.91. The molecule has 0 saturated heterocycles. The number of fused-ring (bicyclic) bond motifs is 1. The summed E-state index contributed by atoms with van der Waals surface area (Å²) in [6.07, 6.45) is 1.31. The molecule has 35 heavy (non-hydrogen) atoms. The van der Waals surface area contributed by atoms with E-state index in [-0.39, 0.29) is 16.5 Å². The molecule has 1 aromatic carbocycles. The molecule has 0 aliphatic carbocycles. The van der Waals surface area contributed by atoms with Crippen molar-refractivity contribution >= 4 is 23.2 Å². The van der Waals surface area contributed by atoms with Crippen molar-refractivity contribution in [1.29, 1.82) is 0 Å². The topological polar surface area (TPSA) is 107 Å². The number of alkyl halides is 3. The second kappa shape index (κ2) is 8.86. The number of aromatic nitrogens is 5. The number of aryl methyl sites for hydroxylation is 1. The minimum Gasteiger partial charge on any atom is -0.406 e. The zero-order valence-electron chi connectivity index (χ0n) is 18.7. The van der Waals surface area contributed by atoms with Gasteiger partial charge >= 0.3 is 6.36 Å². The van der Waals surface area contributed by atoms with Crippen molar-refractivity contribution in [3.8, 4) is 11.6 Å². The van der Waals surface area contributed by atoms with Gasteiger partial charge in [-0.05, 0) is 50.1 Å². The number of hydrogen-bond acceptors (Lipinski definition) is 6. The van der Waals surface area contributed by atoms with Crippen molar-refractivity contribution in [2.24, 2.45) is 0 Å². The van der Waals surface area contributed by atoms with Gasteiger partial charge in [-0.1, -0.05) is 12.1 Å². The van der Waals surface area contributed by atoms with E-state index in [1.54, 1.807) is 23.9 Å². The maximum absolute atomic E-state index is 13.2. The Balaban J connectivity index is 1.66. The van der Waals surface area contributed by atoms with Gasteiger partial charge in [0.1, 0.15) is 17.1 Å². The van der Waals surface area contributed by atoms with Gasteiger partial charge in [-0.2, -0.15) is 5.10 Å². The monoisotopic (exact) mass is 508 g/mol. The summed E-state index contributed by atoms with van der Waals surface area (Å²) in [4.78, 5) is 21.7. The van der Waals surface area contributed by atoms with Crippen LogP contribution in [0, 0.1) is 6.92 Å². The Morgan fingerprint density at radius 2 is 1.91 bits per heavy atom. The van der Waals surface area contributed by atoms with Crippen molar-refractivity contribution in [3.63, 3.8) is 0 Å². The number of halogens is 4. The normalized spacial score (nSPS) is 13.1. The van der Waals surface area contributed by atoms with E-state index >= 15 is 0 Å². The molecular formula is C22H20ClF3N6O3. The molecule has 0 radical (unpaired) electrons. The van der Waals surface area contributed by atoms with Gasteiger partial charge in [0.25, 0.3) is 5.91 Å². The summed E-state index contributed by atoms with van der Waals surface area (Å²) in [6, 6.07) is 3.91. The van der Waals surface area contributed by atoms with Crippen molar-refractivity contribution < 1.29 is 27.8 Å². The molecule has 4 aromatic rings. The first kappa shape index (κ1) is 24.5. The molecular weight excluding hydrogens is 489 g/mol. The van der Waals surface area contributed by atoms with Crippen LogP contribution in [0.3, 0.4) is 0 Å². The number of carbonyl (C=O) groups excluding carboxylic acids is 1. The van der Waals surface area contributed by atoms with Crippen molar-refractivity contribution in [3.05, 3.63) is 71.0 Å². The summed E-state index contributed by atoms with van der Waals surface area (Å²) in [7, 11) is 0. The quantitative estimate of drug-likeness (QED) is 0.407. The fourth-order valence-electron chi connectivity index (χ4n) is 3.58. The first-order chi connectivity index (χ1) is 16.3. The van der Waals surface area contributed by atoms with E-state index < -0.39 is 29.7 Å². The summed E-state index contributed by atoms with van der Waals surface area (Å²) in [5.41, 5.74) is -0.0237. The molecule has 4 rings (SSSR count). The maximum Gasteiger partial charge on any atom is 0.573 e. The lowest BCUT2D eigenvalue weighted by molar-refractivity contribution is -0.274. The Bertz CT molecular complexity index is 1380. The second-order valence-corrected chi connectivity index (χ2v) is 8.66. The van der Waals surface area contributed by atoms with Gasteiger partial charge in [0.05, 0.1) is 17.8 Å². The SMILES string of the molecule is Cc1cn2ncc(C(=O)N[C@@H](c3ccc(OC(F)(F)F)cc3)C(C)(C)O)c2nc1-n1ccnc1Cl. The number of carbonyl (C=O) groups is 1. The Hall–Kier alpha value is -3.64. The van der Waals surface area contributed by atoms with E-state index in [1.807, 2.05) is 0 Å². The molecule has 2 N–H and O–H groups in total. The lowest BCUT2D eigenvalue weighted by Crippen LogP contribution is -2.42. The van der Waals surface area contributed by atoms with Crippen molar-refractivity contribution in [2.75, 3.05) is 0 Å². The molecule has 0 aliphatic heterocycles. The standard InChI is InChI=1S/C22H20ClF3N6O3/c1-12-11-32-18(30-17(12)31-9-8-27-20(31)23)15(10-28-32)19(33)29-16(21(2,3)34)13-4-6-14(7-5-13)35-22(24,25)26/h4-11,16,34H,1-3H3,(H,29,33)/t16-/m0/s1. The largest absolute Gasteiger partial charge is 0.573 e. The van der Waals surface area contributed by atoms with Crippen molar-refractivity contribution in [2.45, 2.75) is 38.8 Å². The van der Waals surface area contributed by atoms with Gasteiger partial charge in [-0.15, -0.1) is 13.2 Å². The van der Waals surface area contributed by atoms with E-state index in [1.165, 1.54) is 42.9 Å². The number of ether oxygens (including phenoxy) is 1. The van der Waals surface area contributed by atoms with E-state index in [2.05, 4.69) is 25.1 Å². The third-order valence-electron chi connectivity index (χ3n) is 5.15. The predicted molar refractivity (Wildman–Crippen MR) is 119 cm³/mol. The Morgan fingerprint density at radius 1 is 1.23 bits per heavy atom. The molecule has 1 amide bonds. The van der Waals surface area contributed by atoms with Gasteiger partial charge in [0, 0.05) is 24.2 Å². The highest BCUT2D eigenvalue weighted by Crippen LogP contribution is 2.30. The molecule has 9 nitrogen and oxygen atoms in total. The first-order valence-corrected chi connectivity index (χ1v) is 10.6. The highest BCUT2D eigenvalue weighted by Gasteiger charge is 2.33. The zero-order chi connectivity index (χ0) is 25.5. The molecule has 0 bridgehead atoms. The summed E-state index contributed by atoms with van der Waals surface area (Å²) in [6.45, 7) is 4.74. The number of amides is 1. The fraction of sp³-hybridized carbons (Fsp3) is 0.273. The average molecular weight is 509 g/mol. The summed E-state index contributed by atoms with van der Waals surface area (Å²) in [5, 5.41) is 17.8. The average Bonchev–Trinajstić information content (AvgIpc) is 3.35. The van der Waals surface area contributed by atoms with Crippen LogP contribution in [0.25, 0.3) is 11.5 Å². The number of nitrogens with one attached hydrogen (secondary N) is 1. The molecule has 0 aliphatic rings. The van der Waals surface area contributed by atoms with E-state index in [9.17, 15) is 23.1 Å². The van der Waals surface area contributed by atoms with Gasteiger partial charge < -0.3 is 15.2 Å². The first-order valence-electron chi connectivity index (χ1n) is 10.3. The third-order valence-corrected chi connectivity index (χ3v) is 5.43. The number of benzene rings is 1. The predicted octanol–water partition coefficient (Wildman–Crippen LogP) is 4.02. The Morgan fingerprint density at radius 3 is 2.49 bits per heavy atom. The van der Waals surface area contributed by atoms with E-state index in [4.69, 9.17) is 11.6 Å². The number of nitrogens with zero attached hydrogens (tertiary/aromatic N) is 5. The van der Waals surface area contributed by atoms with Crippen LogP contribution in [-0.4, -0.2) is 47.1 Å². The Labute approximate surface area is 202 Å². The molecule has 3 heterocycles. The van der Waals surface area contributed by atoms with Crippen LogP contribution < -0.4 is 10.1 Å². The molecule has 13 heteroatoms. The molecule has 0 saturated carbocycles. The van der Waals surface area contributed by atoms with Gasteiger partial charge in [0.15, 0.2) is 5.65 Å². The Kier molecular flexibility index (Phi) is 6.20. The highest BCUT2D eigenvalue weighted by molar-refractivity contribution is 6.28. The molecule has 3 aromatic heterocycles. The van der Waals surface area contributed by atoms with Crippen LogP contribution >= 0.6 is 11.6 Å². The molecule has 0 fully saturated rings. The molecule has 0 spiro atoms. The number of hydrogen-bond donors (Lipinski definition) is 2.